The van der Waals surface area contributed by atoms with Crippen molar-refractivity contribution in [2.45, 2.75) is 185 Å². The number of halogens is 6. The molecule has 0 atom stereocenters. The first-order chi connectivity index (χ1) is 47.0. The third kappa shape index (κ3) is 13.7. The minimum absolute atomic E-state index is 0.00935. The molecule has 1 N–H and O–H groups in total. The number of rotatable bonds is 20. The number of ketones is 2. The molecule has 0 saturated heterocycles. The summed E-state index contributed by atoms with van der Waals surface area (Å²) in [5.41, 5.74) is -6.49. The van der Waals surface area contributed by atoms with Crippen molar-refractivity contribution in [2.75, 3.05) is 0 Å². The Morgan fingerprint density at radius 3 is 1.45 bits per heavy atom. The number of nitriles is 2. The van der Waals surface area contributed by atoms with Crippen molar-refractivity contribution in [3.63, 3.8) is 0 Å². The van der Waals surface area contributed by atoms with Crippen LogP contribution in [0.15, 0.2) is 193 Å². The van der Waals surface area contributed by atoms with Gasteiger partial charge in [-0.2, -0.15) is 45.3 Å². The van der Waals surface area contributed by atoms with Gasteiger partial charge in [-0.1, -0.05) is 202 Å². The molecule has 0 aliphatic carbocycles. The maximum absolute atomic E-state index is 15.6. The van der Waals surface area contributed by atoms with Gasteiger partial charge in [0, 0.05) is 45.9 Å². The highest BCUT2D eigenvalue weighted by Gasteiger charge is 2.72. The van der Waals surface area contributed by atoms with Gasteiger partial charge in [-0.3, -0.25) is 14.1 Å². The minimum Gasteiger partial charge on any atom is -0.483 e. The monoisotopic (exact) mass is 1410 g/mol. The van der Waals surface area contributed by atoms with Crippen LogP contribution in [0.1, 0.15) is 218 Å². The lowest BCUT2D eigenvalue weighted by Gasteiger charge is -2.53. The smallest absolute Gasteiger partial charge is 0.411 e. The normalized spacial score (nSPS) is 13.3. The standard InChI is InChI=1S/C84H86F6N4O7S/c1-74(2,3)66-24-20-26-70(64(66)49-91)80(15,16)101-60-40-32-55(33-41-60)82(83(85,86)87,84(88,89)90)54-30-38-59(39-31-54)100-71-27-21-25-68(65(71)50-92)79(13,14)81(17,18)77(9,10)57-35-43-69(63(48-57)72(95)52-28-36-58(37-29-52)94-45-44-93-51-94)78(11,12)76(7,8)56-34-42-67(75(4,5)6)62(47-56)73(96)53-22-19-23-61(46-53)102(97,98)99/h19-48,51H,1-18H3,(H,97,98,99). The Hall–Kier alpha value is -9.62. The first-order valence-electron chi connectivity index (χ1n) is 33.4. The molecule has 8 aromatic carbocycles. The lowest BCUT2D eigenvalue weighted by molar-refractivity contribution is -0.288. The molecule has 532 valence electrons. The summed E-state index contributed by atoms with van der Waals surface area (Å²) in [4.78, 5) is 34.1. The number of hydrogen-bond donors (Lipinski definition) is 1. The van der Waals surface area contributed by atoms with E-state index >= 15 is 31.1 Å². The number of nitrogens with zero attached hydrogens (tertiary/aromatic N) is 4. The summed E-state index contributed by atoms with van der Waals surface area (Å²) in [6.45, 7) is 35.3. The van der Waals surface area contributed by atoms with E-state index in [9.17, 15) is 28.3 Å². The number of hydrogen-bond acceptors (Lipinski definition) is 9. The van der Waals surface area contributed by atoms with Crippen molar-refractivity contribution in [1.82, 2.24) is 9.55 Å². The number of carbonyl (C=O) groups is 2. The van der Waals surface area contributed by atoms with E-state index in [1.54, 1.807) is 69.0 Å². The lowest BCUT2D eigenvalue weighted by atomic mass is 9.50. The predicted octanol–water partition coefficient (Wildman–Crippen LogP) is 21.0. The number of carbonyl (C=O) groups excluding carboxylic acids is 2. The van der Waals surface area contributed by atoms with Crippen LogP contribution in [0, 0.1) is 28.1 Å². The Morgan fingerprint density at radius 2 is 0.941 bits per heavy atom. The van der Waals surface area contributed by atoms with E-state index in [4.69, 9.17) is 9.47 Å². The van der Waals surface area contributed by atoms with Crippen LogP contribution in [-0.2, 0) is 53.6 Å². The number of benzene rings is 8. The van der Waals surface area contributed by atoms with Gasteiger partial charge in [-0.05, 0) is 175 Å². The van der Waals surface area contributed by atoms with Gasteiger partial charge >= 0.3 is 12.4 Å². The van der Waals surface area contributed by atoms with Gasteiger partial charge in [0.05, 0.1) is 28.4 Å². The van der Waals surface area contributed by atoms with Crippen LogP contribution in [0.5, 0.6) is 17.2 Å². The maximum atomic E-state index is 15.6. The molecular weight excluding hydrogens is 1320 g/mol. The van der Waals surface area contributed by atoms with Crippen molar-refractivity contribution in [3.05, 3.63) is 272 Å². The highest BCUT2D eigenvalue weighted by molar-refractivity contribution is 7.85. The number of aromatic nitrogens is 2. The molecule has 0 amide bonds. The molecule has 11 nitrogen and oxygen atoms in total. The average Bonchev–Trinajstić information content (AvgIpc) is 0.755. The van der Waals surface area contributed by atoms with E-state index in [1.165, 1.54) is 24.3 Å². The summed E-state index contributed by atoms with van der Waals surface area (Å²) in [6.07, 6.45) is -6.76. The zero-order valence-electron chi connectivity index (χ0n) is 60.8. The Balaban J connectivity index is 1.07. The first kappa shape index (κ1) is 76.6. The SMILES string of the molecule is CC(C)(C)c1ccc(C(C)(C)C(C)(C)c2ccc(C(C)(C)C(C)(C)C(C)(C)c3cccc(Oc4ccc(C(c5ccc(OC(C)(C)c6cccc(C(C)(C)C)c6C#N)cc5)(C(F)(F)F)C(F)(F)F)cc4)c3C#N)cc2C(=O)c2ccc(-n3ccnc3)cc2)cc1C(=O)c1cccc(S(=O)(=O)O)c1. The van der Waals surface area contributed by atoms with Gasteiger partial charge in [0.2, 0.25) is 5.41 Å². The predicted molar refractivity (Wildman–Crippen MR) is 385 cm³/mol. The minimum atomic E-state index is -5.93. The molecule has 0 radical (unpaired) electrons. The van der Waals surface area contributed by atoms with Gasteiger partial charge in [0.15, 0.2) is 11.6 Å². The van der Waals surface area contributed by atoms with Crippen LogP contribution in [0.4, 0.5) is 26.3 Å². The summed E-state index contributed by atoms with van der Waals surface area (Å²) in [6, 6.07) is 45.8. The maximum Gasteiger partial charge on any atom is 0.411 e. The topological polar surface area (TPSA) is 172 Å². The van der Waals surface area contributed by atoms with Crippen LogP contribution in [-0.4, -0.2) is 46.4 Å². The largest absolute Gasteiger partial charge is 0.483 e. The number of imidazole rings is 1. The highest BCUT2D eigenvalue weighted by atomic mass is 32.2. The molecule has 1 heterocycles. The van der Waals surface area contributed by atoms with E-state index in [2.05, 4.69) is 17.1 Å². The van der Waals surface area contributed by atoms with Crippen LogP contribution >= 0.6 is 0 Å². The quantitative estimate of drug-likeness (QED) is 0.0440. The van der Waals surface area contributed by atoms with Gasteiger partial charge in [0.25, 0.3) is 10.1 Å². The third-order valence-electron chi connectivity index (χ3n) is 21.9. The van der Waals surface area contributed by atoms with Crippen molar-refractivity contribution in [2.24, 2.45) is 5.41 Å². The van der Waals surface area contributed by atoms with E-state index in [0.717, 1.165) is 64.8 Å². The molecule has 1 aromatic heterocycles. The Kier molecular flexibility index (Phi) is 20.0. The molecule has 0 spiro atoms. The molecule has 0 saturated carbocycles. The van der Waals surface area contributed by atoms with E-state index < -0.39 is 93.2 Å². The summed E-state index contributed by atoms with van der Waals surface area (Å²) in [5.74, 6) is -0.925. The van der Waals surface area contributed by atoms with E-state index in [-0.39, 0.29) is 34.2 Å². The molecule has 0 unspecified atom stereocenters. The third-order valence-corrected chi connectivity index (χ3v) is 22.8. The van der Waals surface area contributed by atoms with Crippen LogP contribution in [0.25, 0.3) is 5.69 Å². The fraction of sp³-hybridized carbons (Fsp3) is 0.345. The van der Waals surface area contributed by atoms with Crippen molar-refractivity contribution in [3.8, 4) is 35.1 Å². The van der Waals surface area contributed by atoms with Gasteiger partial charge < -0.3 is 14.0 Å². The van der Waals surface area contributed by atoms with Gasteiger partial charge in [-0.15, -0.1) is 0 Å². The second-order valence-electron chi connectivity index (χ2n) is 31.5. The lowest BCUT2D eigenvalue weighted by Crippen LogP contribution is -2.54. The second kappa shape index (κ2) is 26.6. The molecule has 9 aromatic rings. The second-order valence-corrected chi connectivity index (χ2v) is 32.9. The molecular formula is C84H86F6N4O7S. The Labute approximate surface area is 595 Å². The summed E-state index contributed by atoms with van der Waals surface area (Å²) < 4.78 is 143. The Bertz CT molecular complexity index is 4870. The van der Waals surface area contributed by atoms with Crippen LogP contribution in [0.3, 0.4) is 0 Å². The highest BCUT2D eigenvalue weighted by Crippen LogP contribution is 2.59. The molecule has 0 fully saturated rings. The van der Waals surface area contributed by atoms with Crippen molar-refractivity contribution >= 4 is 21.7 Å². The van der Waals surface area contributed by atoms with Crippen LogP contribution in [0.2, 0.25) is 0 Å². The molecule has 0 bridgehead atoms. The zero-order chi connectivity index (χ0) is 75.7. The number of alkyl halides is 6. The molecule has 0 aliphatic heterocycles. The fourth-order valence-electron chi connectivity index (χ4n) is 14.0. The molecule has 18 heteroatoms. The van der Waals surface area contributed by atoms with Crippen molar-refractivity contribution < 1.29 is 58.4 Å². The summed E-state index contributed by atoms with van der Waals surface area (Å²) in [5, 5.41) is 21.3. The van der Waals surface area contributed by atoms with E-state index in [1.807, 2.05) is 170 Å². The molecule has 0 aliphatic rings. The fourth-order valence-corrected chi connectivity index (χ4v) is 14.5. The summed E-state index contributed by atoms with van der Waals surface area (Å²) >= 11 is 0. The molecule has 102 heavy (non-hydrogen) atoms. The Morgan fingerprint density at radius 1 is 0.471 bits per heavy atom. The first-order valence-corrected chi connectivity index (χ1v) is 34.8. The number of ether oxygens (including phenoxy) is 2. The van der Waals surface area contributed by atoms with Crippen molar-refractivity contribution in [1.29, 1.82) is 10.5 Å². The van der Waals surface area contributed by atoms with Gasteiger partial charge in [-0.25, -0.2) is 4.98 Å². The molecule has 9 rings (SSSR count). The zero-order valence-corrected chi connectivity index (χ0v) is 61.6. The average molecular weight is 1410 g/mol. The van der Waals surface area contributed by atoms with Crippen LogP contribution < -0.4 is 9.47 Å². The summed E-state index contributed by atoms with van der Waals surface area (Å²) in [7, 11) is -4.64. The van der Waals surface area contributed by atoms with Gasteiger partial charge in [0.1, 0.15) is 28.9 Å². The van der Waals surface area contributed by atoms with E-state index in [0.29, 0.717) is 56.6 Å².